The standard InChI is InChI=1S/C17H35N3/c1-6-7-18-16-11-13(2)10-14(3)17(16)20-9-8-19(5)15(4)12-20/h13-18H,6-12H2,1-5H3. The third-order valence-electron chi connectivity index (χ3n) is 5.49. The topological polar surface area (TPSA) is 18.5 Å². The zero-order valence-electron chi connectivity index (χ0n) is 14.2. The van der Waals surface area contributed by atoms with E-state index in [1.165, 1.54) is 45.4 Å². The quantitative estimate of drug-likeness (QED) is 0.854. The molecule has 5 unspecified atom stereocenters. The highest BCUT2D eigenvalue weighted by molar-refractivity contribution is 4.96. The summed E-state index contributed by atoms with van der Waals surface area (Å²) in [5.41, 5.74) is 0. The zero-order valence-corrected chi connectivity index (χ0v) is 14.2. The van der Waals surface area contributed by atoms with E-state index >= 15 is 0 Å². The van der Waals surface area contributed by atoms with Crippen molar-refractivity contribution in [1.29, 1.82) is 0 Å². The molecule has 5 atom stereocenters. The molecular weight excluding hydrogens is 246 g/mol. The number of rotatable bonds is 4. The number of nitrogens with one attached hydrogen (secondary N) is 1. The molecule has 0 amide bonds. The summed E-state index contributed by atoms with van der Waals surface area (Å²) < 4.78 is 0. The maximum Gasteiger partial charge on any atom is 0.0276 e. The maximum absolute atomic E-state index is 3.85. The molecule has 1 heterocycles. The lowest BCUT2D eigenvalue weighted by atomic mass is 9.75. The van der Waals surface area contributed by atoms with E-state index < -0.39 is 0 Å². The van der Waals surface area contributed by atoms with Crippen molar-refractivity contribution in [1.82, 2.24) is 15.1 Å². The van der Waals surface area contributed by atoms with Crippen LogP contribution in [0.25, 0.3) is 0 Å². The van der Waals surface area contributed by atoms with Gasteiger partial charge in [0.1, 0.15) is 0 Å². The zero-order chi connectivity index (χ0) is 14.7. The largest absolute Gasteiger partial charge is 0.312 e. The van der Waals surface area contributed by atoms with Crippen LogP contribution in [0.4, 0.5) is 0 Å². The number of hydrogen-bond donors (Lipinski definition) is 1. The van der Waals surface area contributed by atoms with E-state index in [9.17, 15) is 0 Å². The fourth-order valence-corrected chi connectivity index (χ4v) is 4.34. The molecule has 118 valence electrons. The summed E-state index contributed by atoms with van der Waals surface area (Å²) in [5, 5.41) is 3.85. The lowest BCUT2D eigenvalue weighted by Crippen LogP contribution is -2.62. The summed E-state index contributed by atoms with van der Waals surface area (Å²) in [5.74, 6) is 1.70. The molecule has 1 aliphatic heterocycles. The van der Waals surface area contributed by atoms with Gasteiger partial charge in [0.25, 0.3) is 0 Å². The predicted octanol–water partition coefficient (Wildman–Crippen LogP) is 2.43. The minimum Gasteiger partial charge on any atom is -0.312 e. The summed E-state index contributed by atoms with van der Waals surface area (Å²) in [6.45, 7) is 14.4. The number of likely N-dealkylation sites (N-methyl/N-ethyl adjacent to an activating group) is 1. The Morgan fingerprint density at radius 3 is 2.50 bits per heavy atom. The summed E-state index contributed by atoms with van der Waals surface area (Å²) in [7, 11) is 2.27. The molecule has 0 radical (unpaired) electrons. The number of piperazine rings is 1. The van der Waals surface area contributed by atoms with Crippen molar-refractivity contribution in [2.75, 3.05) is 33.2 Å². The molecule has 1 saturated carbocycles. The highest BCUT2D eigenvalue weighted by atomic mass is 15.3. The van der Waals surface area contributed by atoms with Crippen LogP contribution in [0.5, 0.6) is 0 Å². The molecule has 2 fully saturated rings. The summed E-state index contributed by atoms with van der Waals surface area (Å²) in [4.78, 5) is 5.29. The molecule has 2 aliphatic rings. The third kappa shape index (κ3) is 3.75. The Morgan fingerprint density at radius 1 is 1.10 bits per heavy atom. The van der Waals surface area contributed by atoms with Gasteiger partial charge in [0, 0.05) is 37.8 Å². The van der Waals surface area contributed by atoms with Crippen molar-refractivity contribution in [2.45, 2.75) is 65.1 Å². The van der Waals surface area contributed by atoms with Gasteiger partial charge in [-0.1, -0.05) is 20.8 Å². The molecule has 1 aliphatic carbocycles. The highest BCUT2D eigenvalue weighted by Crippen LogP contribution is 2.33. The predicted molar refractivity (Wildman–Crippen MR) is 87.1 cm³/mol. The molecular formula is C17H35N3. The fraction of sp³-hybridized carbons (Fsp3) is 1.00. The highest BCUT2D eigenvalue weighted by Gasteiger charge is 2.39. The van der Waals surface area contributed by atoms with Gasteiger partial charge in [-0.15, -0.1) is 0 Å². The molecule has 0 aromatic heterocycles. The van der Waals surface area contributed by atoms with Crippen LogP contribution in [0, 0.1) is 11.8 Å². The molecule has 0 aromatic carbocycles. The Morgan fingerprint density at radius 2 is 1.85 bits per heavy atom. The summed E-state index contributed by atoms with van der Waals surface area (Å²) in [6, 6.07) is 2.14. The van der Waals surface area contributed by atoms with Crippen molar-refractivity contribution in [2.24, 2.45) is 11.8 Å². The Balaban J connectivity index is 2.04. The van der Waals surface area contributed by atoms with E-state index in [1.54, 1.807) is 0 Å². The SMILES string of the molecule is CCCNC1CC(C)CC(C)C1N1CCN(C)C(C)C1. The second-order valence-corrected chi connectivity index (χ2v) is 7.43. The molecule has 1 saturated heterocycles. The van der Waals surface area contributed by atoms with Crippen molar-refractivity contribution in [3.63, 3.8) is 0 Å². The first-order valence-electron chi connectivity index (χ1n) is 8.70. The second kappa shape index (κ2) is 7.24. The molecule has 0 bridgehead atoms. The van der Waals surface area contributed by atoms with Gasteiger partial charge in [-0.3, -0.25) is 4.90 Å². The number of hydrogen-bond acceptors (Lipinski definition) is 3. The van der Waals surface area contributed by atoms with Crippen LogP contribution in [-0.2, 0) is 0 Å². The van der Waals surface area contributed by atoms with Crippen LogP contribution in [0.1, 0.15) is 47.0 Å². The Kier molecular flexibility index (Phi) is 5.88. The molecule has 3 nitrogen and oxygen atoms in total. The summed E-state index contributed by atoms with van der Waals surface area (Å²) >= 11 is 0. The van der Waals surface area contributed by atoms with Crippen LogP contribution < -0.4 is 5.32 Å². The van der Waals surface area contributed by atoms with Gasteiger partial charge in [-0.2, -0.15) is 0 Å². The van der Waals surface area contributed by atoms with Gasteiger partial charge in [-0.05, 0) is 51.6 Å². The normalized spacial score (nSPS) is 41.0. The van der Waals surface area contributed by atoms with Crippen molar-refractivity contribution < 1.29 is 0 Å². The Labute approximate surface area is 126 Å². The van der Waals surface area contributed by atoms with Crippen LogP contribution >= 0.6 is 0 Å². The van der Waals surface area contributed by atoms with Crippen molar-refractivity contribution in [3.8, 4) is 0 Å². The summed E-state index contributed by atoms with van der Waals surface area (Å²) in [6.07, 6.45) is 4.00. The molecule has 2 rings (SSSR count). The van der Waals surface area contributed by atoms with E-state index in [1.807, 2.05) is 0 Å². The third-order valence-corrected chi connectivity index (χ3v) is 5.49. The fourth-order valence-electron chi connectivity index (χ4n) is 4.34. The van der Waals surface area contributed by atoms with Crippen molar-refractivity contribution >= 4 is 0 Å². The van der Waals surface area contributed by atoms with Gasteiger partial charge in [-0.25, -0.2) is 0 Å². The lowest BCUT2D eigenvalue weighted by Gasteiger charge is -2.50. The van der Waals surface area contributed by atoms with Gasteiger partial charge < -0.3 is 10.2 Å². The van der Waals surface area contributed by atoms with E-state index in [4.69, 9.17) is 0 Å². The van der Waals surface area contributed by atoms with E-state index in [-0.39, 0.29) is 0 Å². The molecule has 0 spiro atoms. The van der Waals surface area contributed by atoms with E-state index in [0.29, 0.717) is 12.1 Å². The Bertz CT molecular complexity index is 290. The average Bonchev–Trinajstić information content (AvgIpc) is 2.39. The lowest BCUT2D eigenvalue weighted by molar-refractivity contribution is 0.00996. The van der Waals surface area contributed by atoms with Gasteiger partial charge >= 0.3 is 0 Å². The van der Waals surface area contributed by atoms with Crippen molar-refractivity contribution in [3.05, 3.63) is 0 Å². The smallest absolute Gasteiger partial charge is 0.0276 e. The molecule has 3 heteroatoms. The van der Waals surface area contributed by atoms with Crippen LogP contribution in [0.15, 0.2) is 0 Å². The number of nitrogens with zero attached hydrogens (tertiary/aromatic N) is 2. The molecule has 1 N–H and O–H groups in total. The van der Waals surface area contributed by atoms with Crippen LogP contribution in [0.2, 0.25) is 0 Å². The van der Waals surface area contributed by atoms with Crippen LogP contribution in [0.3, 0.4) is 0 Å². The minimum atomic E-state index is 0.696. The first-order chi connectivity index (χ1) is 9.52. The van der Waals surface area contributed by atoms with Crippen LogP contribution in [-0.4, -0.2) is 61.2 Å². The second-order valence-electron chi connectivity index (χ2n) is 7.43. The van der Waals surface area contributed by atoms with Gasteiger partial charge in [0.05, 0.1) is 0 Å². The van der Waals surface area contributed by atoms with E-state index in [0.717, 1.165) is 17.9 Å². The molecule has 20 heavy (non-hydrogen) atoms. The Hall–Kier alpha value is -0.120. The van der Waals surface area contributed by atoms with E-state index in [2.05, 4.69) is 49.9 Å². The van der Waals surface area contributed by atoms with Gasteiger partial charge in [0.2, 0.25) is 0 Å². The monoisotopic (exact) mass is 281 g/mol. The van der Waals surface area contributed by atoms with Gasteiger partial charge in [0.15, 0.2) is 0 Å². The first-order valence-corrected chi connectivity index (χ1v) is 8.70. The first kappa shape index (κ1) is 16.3. The average molecular weight is 281 g/mol. The maximum atomic E-state index is 3.85. The minimum absolute atomic E-state index is 0.696. The molecule has 0 aromatic rings.